The molecule has 1 unspecified atom stereocenters. The Morgan fingerprint density at radius 2 is 2.60 bits per heavy atom. The minimum Gasteiger partial charge on any atom is -0.366 e. The van der Waals surface area contributed by atoms with Crippen molar-refractivity contribution in [1.82, 2.24) is 0 Å². The van der Waals surface area contributed by atoms with E-state index in [9.17, 15) is 0 Å². The third kappa shape index (κ3) is 0.991. The largest absolute Gasteiger partial charge is 0.366 e. The number of rotatable bonds is 0. The van der Waals surface area contributed by atoms with E-state index in [1.165, 1.54) is 5.71 Å². The molecular weight excluding hydrogens is 126 g/mol. The summed E-state index contributed by atoms with van der Waals surface area (Å²) in [5.74, 6) is 0. The molecule has 2 aliphatic rings. The summed E-state index contributed by atoms with van der Waals surface area (Å²) in [6.45, 7) is 1.65. The van der Waals surface area contributed by atoms with E-state index < -0.39 is 0 Å². The van der Waals surface area contributed by atoms with E-state index in [1.54, 1.807) is 0 Å². The second-order valence-corrected chi connectivity index (χ2v) is 2.63. The van der Waals surface area contributed by atoms with Crippen LogP contribution >= 0.6 is 0 Å². The third-order valence-electron chi connectivity index (χ3n) is 1.91. The summed E-state index contributed by atoms with van der Waals surface area (Å²) < 4.78 is 5.46. The van der Waals surface area contributed by atoms with Crippen molar-refractivity contribution in [1.29, 1.82) is 0 Å². The Bertz CT molecular complexity index is 184. The molecule has 54 valence electrons. The zero-order chi connectivity index (χ0) is 6.81. The Balaban J connectivity index is 2.20. The second kappa shape index (κ2) is 2.54. The zero-order valence-corrected chi connectivity index (χ0v) is 5.92. The highest BCUT2D eigenvalue weighted by molar-refractivity contribution is 5.91. The van der Waals surface area contributed by atoms with Gasteiger partial charge in [0.1, 0.15) is 6.10 Å². The standard InChI is InChI=1S/C8H11NO/c1-2-4-8-7(3-1)9-5-6-10-8/h2,4,8H,1,3,5-6H2. The van der Waals surface area contributed by atoms with Gasteiger partial charge in [-0.25, -0.2) is 0 Å². The minimum absolute atomic E-state index is 0.225. The molecule has 2 rings (SSSR count). The van der Waals surface area contributed by atoms with Crippen LogP contribution in [0.25, 0.3) is 0 Å². The van der Waals surface area contributed by atoms with Gasteiger partial charge in [0.25, 0.3) is 0 Å². The lowest BCUT2D eigenvalue weighted by Gasteiger charge is -2.23. The molecule has 0 spiro atoms. The maximum atomic E-state index is 5.46. The van der Waals surface area contributed by atoms with Gasteiger partial charge in [-0.2, -0.15) is 0 Å². The molecule has 2 nitrogen and oxygen atoms in total. The third-order valence-corrected chi connectivity index (χ3v) is 1.91. The summed E-state index contributed by atoms with van der Waals surface area (Å²) in [6.07, 6.45) is 6.75. The van der Waals surface area contributed by atoms with Crippen LogP contribution < -0.4 is 0 Å². The van der Waals surface area contributed by atoms with Gasteiger partial charge in [0.15, 0.2) is 0 Å². The van der Waals surface area contributed by atoms with Crippen LogP contribution in [0.5, 0.6) is 0 Å². The average molecular weight is 137 g/mol. The van der Waals surface area contributed by atoms with E-state index in [4.69, 9.17) is 4.74 Å². The van der Waals surface area contributed by atoms with Crippen LogP contribution in [0, 0.1) is 0 Å². The van der Waals surface area contributed by atoms with Gasteiger partial charge in [-0.1, -0.05) is 12.2 Å². The fourth-order valence-electron chi connectivity index (χ4n) is 1.39. The van der Waals surface area contributed by atoms with Gasteiger partial charge in [-0.3, -0.25) is 4.99 Å². The zero-order valence-electron chi connectivity index (χ0n) is 5.92. The second-order valence-electron chi connectivity index (χ2n) is 2.63. The molecule has 1 aliphatic heterocycles. The van der Waals surface area contributed by atoms with Gasteiger partial charge >= 0.3 is 0 Å². The molecule has 1 heterocycles. The van der Waals surface area contributed by atoms with Crippen LogP contribution in [-0.4, -0.2) is 25.0 Å². The molecule has 0 saturated carbocycles. The van der Waals surface area contributed by atoms with Crippen LogP contribution in [0.4, 0.5) is 0 Å². The van der Waals surface area contributed by atoms with E-state index in [0.717, 1.165) is 26.0 Å². The Labute approximate surface area is 60.6 Å². The normalized spacial score (nSPS) is 31.2. The van der Waals surface area contributed by atoms with E-state index >= 15 is 0 Å². The maximum absolute atomic E-state index is 5.46. The Hall–Kier alpha value is -0.630. The molecule has 0 bridgehead atoms. The fourth-order valence-corrected chi connectivity index (χ4v) is 1.39. The van der Waals surface area contributed by atoms with Crippen molar-refractivity contribution in [3.63, 3.8) is 0 Å². The van der Waals surface area contributed by atoms with E-state index in [0.29, 0.717) is 0 Å². The topological polar surface area (TPSA) is 21.6 Å². The summed E-state index contributed by atoms with van der Waals surface area (Å²) in [5, 5.41) is 0. The van der Waals surface area contributed by atoms with Crippen LogP contribution in [-0.2, 0) is 4.74 Å². The molecule has 0 aromatic rings. The molecule has 0 aromatic carbocycles. The monoisotopic (exact) mass is 137 g/mol. The van der Waals surface area contributed by atoms with Crippen molar-refractivity contribution in [2.45, 2.75) is 18.9 Å². The number of ether oxygens (including phenoxy) is 1. The van der Waals surface area contributed by atoms with Gasteiger partial charge < -0.3 is 4.74 Å². The van der Waals surface area contributed by atoms with Crippen molar-refractivity contribution in [3.05, 3.63) is 12.2 Å². The Morgan fingerprint density at radius 3 is 3.50 bits per heavy atom. The van der Waals surface area contributed by atoms with Gasteiger partial charge in [-0.05, 0) is 12.8 Å². The first-order valence-electron chi connectivity index (χ1n) is 3.78. The molecule has 0 aromatic heterocycles. The van der Waals surface area contributed by atoms with Crippen molar-refractivity contribution >= 4 is 5.71 Å². The number of hydrogen-bond acceptors (Lipinski definition) is 2. The predicted octanol–water partition coefficient (Wildman–Crippen LogP) is 1.18. The smallest absolute Gasteiger partial charge is 0.113 e. The van der Waals surface area contributed by atoms with E-state index in [1.807, 2.05) is 0 Å². The first-order valence-corrected chi connectivity index (χ1v) is 3.78. The number of hydrogen-bond donors (Lipinski definition) is 0. The van der Waals surface area contributed by atoms with Crippen molar-refractivity contribution in [3.8, 4) is 0 Å². The lowest BCUT2D eigenvalue weighted by molar-refractivity contribution is 0.121. The quantitative estimate of drug-likeness (QED) is 0.459. The number of fused-ring (bicyclic) bond motifs is 1. The van der Waals surface area contributed by atoms with Crippen LogP contribution in [0.15, 0.2) is 17.1 Å². The Morgan fingerprint density at radius 1 is 1.60 bits per heavy atom. The highest BCUT2D eigenvalue weighted by Crippen LogP contribution is 2.14. The lowest BCUT2D eigenvalue weighted by atomic mass is 10.0. The number of aliphatic imine (C=N–C) groups is 1. The summed E-state index contributed by atoms with van der Waals surface area (Å²) >= 11 is 0. The molecule has 1 atom stereocenters. The summed E-state index contributed by atoms with van der Waals surface area (Å²) in [6, 6.07) is 0. The predicted molar refractivity (Wildman–Crippen MR) is 40.4 cm³/mol. The molecule has 2 heteroatoms. The fraction of sp³-hybridized carbons (Fsp3) is 0.625. The molecule has 1 aliphatic carbocycles. The maximum Gasteiger partial charge on any atom is 0.113 e. The summed E-state index contributed by atoms with van der Waals surface area (Å²) in [4.78, 5) is 4.39. The number of nitrogens with zero attached hydrogens (tertiary/aromatic N) is 1. The highest BCUT2D eigenvalue weighted by atomic mass is 16.5. The first-order chi connectivity index (χ1) is 4.97. The molecule has 0 radical (unpaired) electrons. The van der Waals surface area contributed by atoms with Crippen molar-refractivity contribution in [2.75, 3.05) is 13.2 Å². The van der Waals surface area contributed by atoms with Crippen LogP contribution in [0.1, 0.15) is 12.8 Å². The van der Waals surface area contributed by atoms with Gasteiger partial charge in [0.2, 0.25) is 0 Å². The van der Waals surface area contributed by atoms with E-state index in [-0.39, 0.29) is 6.10 Å². The Kier molecular flexibility index (Phi) is 1.55. The van der Waals surface area contributed by atoms with Gasteiger partial charge in [0, 0.05) is 5.71 Å². The highest BCUT2D eigenvalue weighted by Gasteiger charge is 2.18. The van der Waals surface area contributed by atoms with Gasteiger partial charge in [0.05, 0.1) is 13.2 Å². The molecule has 0 amide bonds. The molecular formula is C8H11NO. The molecule has 0 N–H and O–H groups in total. The summed E-state index contributed by atoms with van der Waals surface area (Å²) in [7, 11) is 0. The summed E-state index contributed by atoms with van der Waals surface area (Å²) in [5.41, 5.74) is 1.24. The van der Waals surface area contributed by atoms with Gasteiger partial charge in [-0.15, -0.1) is 0 Å². The molecule has 10 heavy (non-hydrogen) atoms. The molecule has 0 fully saturated rings. The van der Waals surface area contributed by atoms with E-state index in [2.05, 4.69) is 17.1 Å². The SMILES string of the molecule is C1=CC2OCCN=C2CC1. The lowest BCUT2D eigenvalue weighted by Crippen LogP contribution is -2.30. The van der Waals surface area contributed by atoms with Crippen LogP contribution in [0.2, 0.25) is 0 Å². The average Bonchev–Trinajstić information content (AvgIpc) is 2.05. The van der Waals surface area contributed by atoms with Crippen LogP contribution in [0.3, 0.4) is 0 Å². The van der Waals surface area contributed by atoms with Crippen molar-refractivity contribution in [2.24, 2.45) is 4.99 Å². The minimum atomic E-state index is 0.225. The van der Waals surface area contributed by atoms with Crippen molar-refractivity contribution < 1.29 is 4.74 Å². The molecule has 0 saturated heterocycles. The number of allylic oxidation sites excluding steroid dienone is 1. The first kappa shape index (κ1) is 6.10.